The summed E-state index contributed by atoms with van der Waals surface area (Å²) < 4.78 is 2.96. The van der Waals surface area contributed by atoms with Gasteiger partial charge in [0.25, 0.3) is 5.69 Å². The molecule has 15 heavy (non-hydrogen) atoms. The van der Waals surface area contributed by atoms with Gasteiger partial charge in [-0.25, -0.2) is 0 Å². The first kappa shape index (κ1) is 10.8. The lowest BCUT2D eigenvalue weighted by Gasteiger charge is -1.97. The molecule has 2 aromatic rings. The number of aromatic nitrogens is 2. The minimum absolute atomic E-state index is 0.0804. The van der Waals surface area contributed by atoms with Crippen LogP contribution < -0.4 is 0 Å². The van der Waals surface area contributed by atoms with Crippen LogP contribution in [0.25, 0.3) is 10.9 Å². The van der Waals surface area contributed by atoms with Crippen LogP contribution >= 0.6 is 38.5 Å². The number of fused-ring (bicyclic) bond motifs is 1. The molecule has 0 amide bonds. The van der Waals surface area contributed by atoms with Crippen molar-refractivity contribution in [1.29, 1.82) is 0 Å². The third-order valence-corrected chi connectivity index (χ3v) is 3.26. The van der Waals surface area contributed by atoms with E-state index in [0.717, 1.165) is 5.52 Å². The van der Waals surface area contributed by atoms with Crippen LogP contribution in [0.4, 0.5) is 5.69 Å². The normalized spacial score (nSPS) is 10.9. The monoisotopic (exact) mass is 381 g/mol. The zero-order valence-electron chi connectivity index (χ0n) is 7.57. The van der Waals surface area contributed by atoms with Crippen LogP contribution in [0.3, 0.4) is 0 Å². The van der Waals surface area contributed by atoms with Crippen LogP contribution in [0.2, 0.25) is 0 Å². The molecule has 0 spiro atoms. The molecule has 0 aliphatic heterocycles. The summed E-state index contributed by atoms with van der Waals surface area (Å²) in [5, 5.41) is 15.6. The van der Waals surface area contributed by atoms with Crippen LogP contribution in [0.15, 0.2) is 16.6 Å². The molecule has 7 heteroatoms. The first-order valence-corrected chi connectivity index (χ1v) is 5.84. The van der Waals surface area contributed by atoms with Crippen molar-refractivity contribution in [3.8, 4) is 0 Å². The molecule has 1 aromatic heterocycles. The van der Waals surface area contributed by atoms with Crippen molar-refractivity contribution < 1.29 is 4.92 Å². The van der Waals surface area contributed by atoms with Gasteiger partial charge in [0, 0.05) is 17.6 Å². The molecule has 0 aliphatic carbocycles. The Labute approximate surface area is 107 Å². The second-order valence-corrected chi connectivity index (χ2v) is 4.93. The Kier molecular flexibility index (Phi) is 2.67. The molecular weight excluding hydrogens is 377 g/mol. The molecule has 0 aliphatic rings. The van der Waals surface area contributed by atoms with Gasteiger partial charge in [-0.15, -0.1) is 0 Å². The Bertz CT molecular complexity index is 567. The first-order valence-electron chi connectivity index (χ1n) is 3.97. The van der Waals surface area contributed by atoms with Gasteiger partial charge in [0.05, 0.1) is 10.4 Å². The van der Waals surface area contributed by atoms with E-state index < -0.39 is 4.92 Å². The molecule has 0 unspecified atom stereocenters. The van der Waals surface area contributed by atoms with E-state index in [1.54, 1.807) is 11.7 Å². The summed E-state index contributed by atoms with van der Waals surface area (Å²) in [4.78, 5) is 10.5. The summed E-state index contributed by atoms with van der Waals surface area (Å²) in [7, 11) is 1.76. The van der Waals surface area contributed by atoms with E-state index in [1.807, 2.05) is 28.7 Å². The second kappa shape index (κ2) is 3.71. The third-order valence-electron chi connectivity index (χ3n) is 2.05. The fraction of sp³-hybridized carbons (Fsp3) is 0.125. The molecule has 0 N–H and O–H groups in total. The molecule has 0 radical (unpaired) electrons. The lowest BCUT2D eigenvalue weighted by molar-refractivity contribution is -0.383. The molecule has 5 nitrogen and oxygen atoms in total. The Hall–Kier alpha value is -0.700. The quantitative estimate of drug-likeness (QED) is 0.433. The topological polar surface area (TPSA) is 61.0 Å². The largest absolute Gasteiger partial charge is 0.282 e. The third kappa shape index (κ3) is 1.73. The van der Waals surface area contributed by atoms with E-state index in [0.29, 0.717) is 13.6 Å². The number of hydrogen-bond acceptors (Lipinski definition) is 3. The number of nitro benzene ring substituents is 1. The molecular formula is C8H5BrIN3O2. The number of nitrogens with zero attached hydrogens (tertiary/aromatic N) is 3. The van der Waals surface area contributed by atoms with Gasteiger partial charge < -0.3 is 0 Å². The van der Waals surface area contributed by atoms with Crippen molar-refractivity contribution in [2.45, 2.75) is 0 Å². The lowest BCUT2D eigenvalue weighted by Crippen LogP contribution is -1.91. The van der Waals surface area contributed by atoms with Gasteiger partial charge in [0.2, 0.25) is 0 Å². The van der Waals surface area contributed by atoms with Gasteiger partial charge in [-0.05, 0) is 28.7 Å². The minimum Gasteiger partial charge on any atom is -0.267 e. The molecule has 1 heterocycles. The van der Waals surface area contributed by atoms with Gasteiger partial charge in [-0.2, -0.15) is 5.10 Å². The van der Waals surface area contributed by atoms with Crippen LogP contribution in [-0.4, -0.2) is 14.7 Å². The summed E-state index contributed by atoms with van der Waals surface area (Å²) >= 11 is 5.24. The van der Waals surface area contributed by atoms with Gasteiger partial charge in [0.15, 0.2) is 0 Å². The lowest BCUT2D eigenvalue weighted by atomic mass is 10.2. The fourth-order valence-corrected chi connectivity index (χ4v) is 2.73. The van der Waals surface area contributed by atoms with E-state index in [2.05, 4.69) is 21.0 Å². The summed E-state index contributed by atoms with van der Waals surface area (Å²) in [5.41, 5.74) is 0.831. The van der Waals surface area contributed by atoms with Crippen LogP contribution in [-0.2, 0) is 7.05 Å². The fourth-order valence-electron chi connectivity index (χ4n) is 1.42. The molecule has 0 atom stereocenters. The number of rotatable bonds is 1. The van der Waals surface area contributed by atoms with E-state index in [1.165, 1.54) is 6.07 Å². The predicted molar refractivity (Wildman–Crippen MR) is 67.8 cm³/mol. The van der Waals surface area contributed by atoms with Crippen molar-refractivity contribution in [3.05, 3.63) is 30.4 Å². The van der Waals surface area contributed by atoms with Gasteiger partial charge >= 0.3 is 0 Å². The first-order chi connectivity index (χ1) is 7.00. The highest BCUT2D eigenvalue weighted by Gasteiger charge is 2.19. The molecule has 2 rings (SSSR count). The van der Waals surface area contributed by atoms with Crippen molar-refractivity contribution in [3.63, 3.8) is 0 Å². The number of non-ortho nitro benzene ring substituents is 1. The number of benzene rings is 1. The Balaban J connectivity index is 2.96. The van der Waals surface area contributed by atoms with Crippen molar-refractivity contribution >= 4 is 55.1 Å². The van der Waals surface area contributed by atoms with E-state index in [9.17, 15) is 10.1 Å². The number of hydrogen-bond donors (Lipinski definition) is 0. The molecule has 0 saturated carbocycles. The summed E-state index contributed by atoms with van der Waals surface area (Å²) in [6.07, 6.45) is 0. The zero-order valence-corrected chi connectivity index (χ0v) is 11.3. The summed E-state index contributed by atoms with van der Waals surface area (Å²) in [5.74, 6) is 0. The van der Waals surface area contributed by atoms with Crippen LogP contribution in [0.1, 0.15) is 0 Å². The highest BCUT2D eigenvalue weighted by atomic mass is 127. The van der Waals surface area contributed by atoms with Crippen molar-refractivity contribution in [2.75, 3.05) is 0 Å². The van der Waals surface area contributed by atoms with Crippen LogP contribution in [0.5, 0.6) is 0 Å². The maximum absolute atomic E-state index is 10.9. The average Bonchev–Trinajstić information content (AvgIpc) is 2.41. The average molecular weight is 382 g/mol. The maximum atomic E-state index is 10.9. The Morgan fingerprint density at radius 3 is 2.87 bits per heavy atom. The number of halogens is 2. The van der Waals surface area contributed by atoms with Crippen molar-refractivity contribution in [2.24, 2.45) is 7.05 Å². The SMILES string of the molecule is Cn1nc(I)c2c([N+](=O)[O-])cc(Br)cc21. The predicted octanol–water partition coefficient (Wildman–Crippen LogP) is 2.85. The minimum atomic E-state index is -0.392. The molecule has 0 bridgehead atoms. The standard InChI is InChI=1S/C8H5BrIN3O2/c1-12-5-2-4(9)3-6(13(14)15)7(5)8(10)11-12/h2-3H,1H3. The van der Waals surface area contributed by atoms with Crippen LogP contribution in [0, 0.1) is 13.8 Å². The van der Waals surface area contributed by atoms with Gasteiger partial charge in [-0.1, -0.05) is 15.9 Å². The second-order valence-electron chi connectivity index (χ2n) is 2.99. The summed E-state index contributed by atoms with van der Waals surface area (Å²) in [6.45, 7) is 0. The maximum Gasteiger partial charge on any atom is 0.282 e. The van der Waals surface area contributed by atoms with E-state index in [-0.39, 0.29) is 5.69 Å². The van der Waals surface area contributed by atoms with Gasteiger partial charge in [0.1, 0.15) is 9.09 Å². The highest BCUT2D eigenvalue weighted by Crippen LogP contribution is 2.32. The zero-order chi connectivity index (χ0) is 11.2. The highest BCUT2D eigenvalue weighted by molar-refractivity contribution is 14.1. The molecule has 0 fully saturated rings. The smallest absolute Gasteiger partial charge is 0.267 e. The van der Waals surface area contributed by atoms with Gasteiger partial charge in [-0.3, -0.25) is 14.8 Å². The molecule has 78 valence electrons. The van der Waals surface area contributed by atoms with E-state index in [4.69, 9.17) is 0 Å². The molecule has 1 aromatic carbocycles. The number of aryl methyl sites for hydroxylation is 1. The Morgan fingerprint density at radius 1 is 1.60 bits per heavy atom. The number of nitro groups is 1. The van der Waals surface area contributed by atoms with E-state index >= 15 is 0 Å². The Morgan fingerprint density at radius 2 is 2.27 bits per heavy atom. The van der Waals surface area contributed by atoms with Crippen molar-refractivity contribution in [1.82, 2.24) is 9.78 Å². The molecule has 0 saturated heterocycles. The summed E-state index contributed by atoms with van der Waals surface area (Å²) in [6, 6.07) is 3.31.